The molecule has 0 aliphatic carbocycles. The van der Waals surface area contributed by atoms with Crippen molar-refractivity contribution < 1.29 is 0 Å². The molecule has 106 valence electrons. The third-order valence-corrected chi connectivity index (χ3v) is 4.64. The summed E-state index contributed by atoms with van der Waals surface area (Å²) in [6.45, 7) is 12.3. The zero-order valence-electron chi connectivity index (χ0n) is 12.7. The van der Waals surface area contributed by atoms with Gasteiger partial charge in [-0.1, -0.05) is 19.9 Å². The summed E-state index contributed by atoms with van der Waals surface area (Å²) in [5, 5.41) is 3.62. The maximum atomic E-state index is 4.53. The number of nitrogens with zero attached hydrogens (tertiary/aromatic N) is 2. The lowest BCUT2D eigenvalue weighted by atomic mass is 9.87. The van der Waals surface area contributed by atoms with Crippen LogP contribution in [0.25, 0.3) is 0 Å². The van der Waals surface area contributed by atoms with Crippen LogP contribution in [0.5, 0.6) is 0 Å². The molecule has 3 atom stereocenters. The standard InChI is InChI=1S/C16H27N3/c1-5-17-15-8-10-19(14(4)13(15)3)11-16-12(2)7-6-9-18-16/h6-7,9,13-15,17H,5,8,10-11H2,1-4H3. The maximum absolute atomic E-state index is 4.53. The van der Waals surface area contributed by atoms with E-state index in [0.717, 1.165) is 13.1 Å². The highest BCUT2D eigenvalue weighted by Gasteiger charge is 2.31. The number of pyridine rings is 1. The van der Waals surface area contributed by atoms with Gasteiger partial charge in [-0.25, -0.2) is 0 Å². The first kappa shape index (κ1) is 14.5. The zero-order chi connectivity index (χ0) is 13.8. The molecule has 2 rings (SSSR count). The lowest BCUT2D eigenvalue weighted by Crippen LogP contribution is -2.53. The molecule has 19 heavy (non-hydrogen) atoms. The van der Waals surface area contributed by atoms with Gasteiger partial charge in [0.2, 0.25) is 0 Å². The molecule has 1 saturated heterocycles. The number of hydrogen-bond donors (Lipinski definition) is 1. The van der Waals surface area contributed by atoms with Crippen LogP contribution >= 0.6 is 0 Å². The number of likely N-dealkylation sites (tertiary alicyclic amines) is 1. The highest BCUT2D eigenvalue weighted by Crippen LogP contribution is 2.25. The average Bonchev–Trinajstić information content (AvgIpc) is 2.41. The second-order valence-corrected chi connectivity index (χ2v) is 5.79. The molecule has 1 aromatic rings. The van der Waals surface area contributed by atoms with Crippen LogP contribution in [0.3, 0.4) is 0 Å². The Kier molecular flexibility index (Phi) is 4.94. The summed E-state index contributed by atoms with van der Waals surface area (Å²) in [4.78, 5) is 7.11. The fourth-order valence-corrected chi connectivity index (χ4v) is 3.09. The third kappa shape index (κ3) is 3.34. The van der Waals surface area contributed by atoms with Gasteiger partial charge >= 0.3 is 0 Å². The maximum Gasteiger partial charge on any atom is 0.0573 e. The van der Waals surface area contributed by atoms with Crippen molar-refractivity contribution in [1.29, 1.82) is 0 Å². The molecule has 2 heterocycles. The second-order valence-electron chi connectivity index (χ2n) is 5.79. The van der Waals surface area contributed by atoms with Gasteiger partial charge in [-0.05, 0) is 44.4 Å². The Hall–Kier alpha value is -0.930. The first-order valence-electron chi connectivity index (χ1n) is 7.51. The zero-order valence-corrected chi connectivity index (χ0v) is 12.7. The van der Waals surface area contributed by atoms with Crippen molar-refractivity contribution in [3.05, 3.63) is 29.6 Å². The van der Waals surface area contributed by atoms with Gasteiger partial charge in [-0.3, -0.25) is 9.88 Å². The first-order chi connectivity index (χ1) is 9.13. The molecule has 3 unspecified atom stereocenters. The monoisotopic (exact) mass is 261 g/mol. The molecule has 1 aromatic heterocycles. The minimum atomic E-state index is 0.610. The summed E-state index contributed by atoms with van der Waals surface area (Å²) in [5.41, 5.74) is 2.53. The van der Waals surface area contributed by atoms with Gasteiger partial charge in [0, 0.05) is 31.4 Å². The van der Waals surface area contributed by atoms with E-state index < -0.39 is 0 Å². The lowest BCUT2D eigenvalue weighted by molar-refractivity contribution is 0.0778. The van der Waals surface area contributed by atoms with E-state index in [0.29, 0.717) is 18.0 Å². The van der Waals surface area contributed by atoms with Crippen molar-refractivity contribution in [3.8, 4) is 0 Å². The molecule has 0 spiro atoms. The molecule has 3 heteroatoms. The van der Waals surface area contributed by atoms with Crippen molar-refractivity contribution >= 4 is 0 Å². The fourth-order valence-electron chi connectivity index (χ4n) is 3.09. The predicted molar refractivity (Wildman–Crippen MR) is 80.1 cm³/mol. The molecule has 0 bridgehead atoms. The minimum Gasteiger partial charge on any atom is -0.314 e. The highest BCUT2D eigenvalue weighted by atomic mass is 15.2. The van der Waals surface area contributed by atoms with Crippen LogP contribution in [0, 0.1) is 12.8 Å². The summed E-state index contributed by atoms with van der Waals surface area (Å²) in [6.07, 6.45) is 3.15. The molecule has 1 N–H and O–H groups in total. The van der Waals surface area contributed by atoms with Gasteiger partial charge in [0.15, 0.2) is 0 Å². The van der Waals surface area contributed by atoms with E-state index in [4.69, 9.17) is 0 Å². The fraction of sp³-hybridized carbons (Fsp3) is 0.688. The average molecular weight is 261 g/mol. The summed E-state index contributed by atoms with van der Waals surface area (Å²) < 4.78 is 0. The van der Waals surface area contributed by atoms with E-state index in [2.05, 4.69) is 49.0 Å². The Morgan fingerprint density at radius 1 is 1.42 bits per heavy atom. The molecule has 1 fully saturated rings. The van der Waals surface area contributed by atoms with Gasteiger partial charge in [-0.2, -0.15) is 0 Å². The van der Waals surface area contributed by atoms with Crippen LogP contribution < -0.4 is 5.32 Å². The largest absolute Gasteiger partial charge is 0.314 e. The Balaban J connectivity index is 2.01. The highest BCUT2D eigenvalue weighted by molar-refractivity contribution is 5.17. The molecule has 1 aliphatic rings. The lowest BCUT2D eigenvalue weighted by Gasteiger charge is -2.43. The van der Waals surface area contributed by atoms with Gasteiger partial charge in [0.25, 0.3) is 0 Å². The Labute approximate surface area is 117 Å². The van der Waals surface area contributed by atoms with Crippen LogP contribution in [0.1, 0.15) is 38.4 Å². The molecule has 0 amide bonds. The topological polar surface area (TPSA) is 28.2 Å². The number of hydrogen-bond acceptors (Lipinski definition) is 3. The number of rotatable bonds is 4. The summed E-state index contributed by atoms with van der Waals surface area (Å²) in [5.74, 6) is 0.692. The molecular weight excluding hydrogens is 234 g/mol. The van der Waals surface area contributed by atoms with Crippen LogP contribution in [0.15, 0.2) is 18.3 Å². The predicted octanol–water partition coefficient (Wildman–Crippen LogP) is 2.60. The minimum absolute atomic E-state index is 0.610. The molecule has 0 aromatic carbocycles. The van der Waals surface area contributed by atoms with E-state index in [1.807, 2.05) is 12.3 Å². The quantitative estimate of drug-likeness (QED) is 0.903. The molecular formula is C16H27N3. The second kappa shape index (κ2) is 6.49. The molecule has 1 aliphatic heterocycles. The van der Waals surface area contributed by atoms with Crippen LogP contribution in [-0.4, -0.2) is 35.1 Å². The van der Waals surface area contributed by atoms with Gasteiger partial charge in [0.1, 0.15) is 0 Å². The molecule has 0 saturated carbocycles. The SMILES string of the molecule is CCNC1CCN(Cc2ncccc2C)C(C)C1C. The van der Waals surface area contributed by atoms with Gasteiger partial charge < -0.3 is 5.32 Å². The summed E-state index contributed by atoms with van der Waals surface area (Å²) >= 11 is 0. The summed E-state index contributed by atoms with van der Waals surface area (Å²) in [7, 11) is 0. The normalized spacial score (nSPS) is 28.5. The van der Waals surface area contributed by atoms with Crippen LogP contribution in [0.4, 0.5) is 0 Å². The van der Waals surface area contributed by atoms with Crippen molar-refractivity contribution in [1.82, 2.24) is 15.2 Å². The Bertz CT molecular complexity index is 405. The van der Waals surface area contributed by atoms with E-state index in [-0.39, 0.29) is 0 Å². The molecule has 3 nitrogen and oxygen atoms in total. The van der Waals surface area contributed by atoms with Gasteiger partial charge in [-0.15, -0.1) is 0 Å². The van der Waals surface area contributed by atoms with Crippen LogP contribution in [0.2, 0.25) is 0 Å². The third-order valence-electron chi connectivity index (χ3n) is 4.64. The molecule has 0 radical (unpaired) electrons. The van der Waals surface area contributed by atoms with Crippen LogP contribution in [-0.2, 0) is 6.54 Å². The van der Waals surface area contributed by atoms with Gasteiger partial charge in [0.05, 0.1) is 5.69 Å². The van der Waals surface area contributed by atoms with E-state index in [1.54, 1.807) is 0 Å². The van der Waals surface area contributed by atoms with Crippen molar-refractivity contribution in [2.75, 3.05) is 13.1 Å². The number of nitrogens with one attached hydrogen (secondary N) is 1. The van der Waals surface area contributed by atoms with Crippen molar-refractivity contribution in [3.63, 3.8) is 0 Å². The van der Waals surface area contributed by atoms with Crippen molar-refractivity contribution in [2.45, 2.75) is 52.7 Å². The number of aromatic nitrogens is 1. The Morgan fingerprint density at radius 2 is 2.21 bits per heavy atom. The summed E-state index contributed by atoms with van der Waals surface area (Å²) in [6, 6.07) is 5.45. The smallest absolute Gasteiger partial charge is 0.0573 e. The van der Waals surface area contributed by atoms with Crippen molar-refractivity contribution in [2.24, 2.45) is 5.92 Å². The Morgan fingerprint density at radius 3 is 2.89 bits per heavy atom. The number of aryl methyl sites for hydroxylation is 1. The number of piperidine rings is 1. The van der Waals surface area contributed by atoms with E-state index >= 15 is 0 Å². The van der Waals surface area contributed by atoms with E-state index in [9.17, 15) is 0 Å². The van der Waals surface area contributed by atoms with E-state index in [1.165, 1.54) is 24.2 Å². The first-order valence-corrected chi connectivity index (χ1v) is 7.51.